The number of amides is 2. The molecule has 0 heterocycles. The third-order valence-corrected chi connectivity index (χ3v) is 3.19. The molecule has 0 unspecified atom stereocenters. The molecule has 0 aliphatic carbocycles. The lowest BCUT2D eigenvalue weighted by molar-refractivity contribution is -0.123. The van der Waals surface area contributed by atoms with E-state index in [1.165, 1.54) is 6.08 Å². The Hall–Kier alpha value is -3.43. The van der Waals surface area contributed by atoms with Crippen LogP contribution in [0.3, 0.4) is 0 Å². The highest BCUT2D eigenvalue weighted by atomic mass is 19.2. The first-order valence-electron chi connectivity index (χ1n) is 7.38. The summed E-state index contributed by atoms with van der Waals surface area (Å²) in [7, 11) is 0. The Balaban J connectivity index is 1.88. The fraction of sp³-hybridized carbons (Fsp3) is 0.0588. The van der Waals surface area contributed by atoms with Crippen molar-refractivity contribution in [1.29, 1.82) is 0 Å². The number of hydrogen-bond acceptors (Lipinski definition) is 3. The molecule has 2 aromatic rings. The van der Waals surface area contributed by atoms with E-state index in [4.69, 9.17) is 0 Å². The Kier molecular flexibility index (Phi) is 6.47. The summed E-state index contributed by atoms with van der Waals surface area (Å²) < 4.78 is 65.8. The molecular weight excluding hydrogens is 373 g/mol. The zero-order chi connectivity index (χ0) is 20.0. The molecule has 0 saturated carbocycles. The zero-order valence-electron chi connectivity index (χ0n) is 13.5. The lowest BCUT2D eigenvalue weighted by Crippen LogP contribution is -2.39. The molecule has 0 saturated heterocycles. The van der Waals surface area contributed by atoms with Crippen LogP contribution in [0.25, 0.3) is 6.08 Å². The smallest absolute Gasteiger partial charge is 0.257 e. The van der Waals surface area contributed by atoms with E-state index >= 15 is 0 Å². The van der Waals surface area contributed by atoms with Gasteiger partial charge in [-0.15, -0.1) is 0 Å². The number of rotatable bonds is 6. The average molecular weight is 385 g/mol. The van der Waals surface area contributed by atoms with Crippen molar-refractivity contribution in [3.8, 4) is 0 Å². The summed E-state index contributed by atoms with van der Waals surface area (Å²) >= 11 is 0. The summed E-state index contributed by atoms with van der Waals surface area (Å²) in [6, 6.07) is 8.79. The van der Waals surface area contributed by atoms with Crippen LogP contribution in [0.1, 0.15) is 5.56 Å². The quantitative estimate of drug-likeness (QED) is 0.235. The van der Waals surface area contributed by atoms with Gasteiger partial charge >= 0.3 is 0 Å². The molecular formula is C17H12F5N3O2. The van der Waals surface area contributed by atoms with Gasteiger partial charge in [0.15, 0.2) is 23.3 Å². The van der Waals surface area contributed by atoms with E-state index in [1.54, 1.807) is 41.2 Å². The molecule has 0 bridgehead atoms. The first kappa shape index (κ1) is 19.9. The lowest BCUT2D eigenvalue weighted by Gasteiger charge is -2.12. The molecule has 0 aliphatic rings. The zero-order valence-corrected chi connectivity index (χ0v) is 13.5. The van der Waals surface area contributed by atoms with Crippen molar-refractivity contribution < 1.29 is 31.5 Å². The van der Waals surface area contributed by atoms with Crippen LogP contribution in [0.4, 0.5) is 27.6 Å². The van der Waals surface area contributed by atoms with Crippen LogP contribution in [0, 0.1) is 29.1 Å². The van der Waals surface area contributed by atoms with Crippen LogP contribution in [0.2, 0.25) is 0 Å². The number of anilines is 1. The second-order valence-corrected chi connectivity index (χ2v) is 5.08. The van der Waals surface area contributed by atoms with E-state index in [-0.39, 0.29) is 0 Å². The molecule has 2 aromatic carbocycles. The largest absolute Gasteiger partial charge is 0.343 e. The molecule has 0 radical (unpaired) electrons. The highest BCUT2D eigenvalue weighted by Gasteiger charge is 2.25. The maximum absolute atomic E-state index is 13.4. The van der Waals surface area contributed by atoms with Crippen molar-refractivity contribution in [2.75, 3.05) is 12.0 Å². The molecule has 10 heteroatoms. The summed E-state index contributed by atoms with van der Waals surface area (Å²) in [6.45, 7) is -0.611. The van der Waals surface area contributed by atoms with Gasteiger partial charge in [0, 0.05) is 6.08 Å². The predicted molar refractivity (Wildman–Crippen MR) is 86.5 cm³/mol. The first-order chi connectivity index (χ1) is 12.8. The average Bonchev–Trinajstić information content (AvgIpc) is 2.68. The summed E-state index contributed by atoms with van der Waals surface area (Å²) in [5, 5.41) is 2.18. The van der Waals surface area contributed by atoms with Crippen molar-refractivity contribution in [3.05, 3.63) is 71.1 Å². The molecule has 142 valence electrons. The van der Waals surface area contributed by atoms with Crippen LogP contribution in [0.15, 0.2) is 36.4 Å². The van der Waals surface area contributed by atoms with E-state index in [1.807, 2.05) is 0 Å². The highest BCUT2D eigenvalue weighted by molar-refractivity contribution is 5.94. The number of nitrogens with one attached hydrogen (secondary N) is 3. The Morgan fingerprint density at radius 1 is 0.852 bits per heavy atom. The van der Waals surface area contributed by atoms with Gasteiger partial charge in [-0.2, -0.15) is 0 Å². The number of carbonyl (C=O) groups excluding carboxylic acids is 2. The Morgan fingerprint density at radius 3 is 2.00 bits per heavy atom. The SMILES string of the molecule is O=C(/C=C/c1ccccc1)NCC(=O)NNc1c(F)c(F)c(F)c(F)c1F. The molecule has 5 nitrogen and oxygen atoms in total. The van der Waals surface area contributed by atoms with Gasteiger partial charge < -0.3 is 5.32 Å². The Labute approximate surface area is 149 Å². The van der Waals surface area contributed by atoms with Gasteiger partial charge in [-0.05, 0) is 11.6 Å². The van der Waals surface area contributed by atoms with Crippen LogP contribution in [0.5, 0.6) is 0 Å². The fourth-order valence-corrected chi connectivity index (χ4v) is 1.85. The Bertz CT molecular complexity index is 859. The van der Waals surface area contributed by atoms with E-state index in [9.17, 15) is 31.5 Å². The summed E-state index contributed by atoms with van der Waals surface area (Å²) in [5.74, 6) is -12.5. The minimum Gasteiger partial charge on any atom is -0.343 e. The van der Waals surface area contributed by atoms with Crippen molar-refractivity contribution >= 4 is 23.6 Å². The normalized spacial score (nSPS) is 10.7. The maximum atomic E-state index is 13.4. The first-order valence-corrected chi connectivity index (χ1v) is 7.38. The van der Waals surface area contributed by atoms with Gasteiger partial charge in [0.25, 0.3) is 5.91 Å². The predicted octanol–water partition coefficient (Wildman–Crippen LogP) is 2.65. The number of hydrazine groups is 1. The third-order valence-electron chi connectivity index (χ3n) is 3.19. The monoisotopic (exact) mass is 385 g/mol. The van der Waals surface area contributed by atoms with Gasteiger partial charge in [0.05, 0.1) is 6.54 Å². The van der Waals surface area contributed by atoms with Gasteiger partial charge in [0.1, 0.15) is 5.69 Å². The summed E-state index contributed by atoms with van der Waals surface area (Å²) in [5.41, 5.74) is 2.65. The molecule has 27 heavy (non-hydrogen) atoms. The van der Waals surface area contributed by atoms with Crippen LogP contribution in [-0.4, -0.2) is 18.4 Å². The van der Waals surface area contributed by atoms with Crippen molar-refractivity contribution in [2.24, 2.45) is 0 Å². The molecule has 0 atom stereocenters. The van der Waals surface area contributed by atoms with Gasteiger partial charge in [-0.1, -0.05) is 30.3 Å². The van der Waals surface area contributed by atoms with Crippen molar-refractivity contribution in [1.82, 2.24) is 10.7 Å². The highest BCUT2D eigenvalue weighted by Crippen LogP contribution is 2.26. The summed E-state index contributed by atoms with van der Waals surface area (Å²) in [6.07, 6.45) is 2.64. The fourth-order valence-electron chi connectivity index (χ4n) is 1.85. The van der Waals surface area contributed by atoms with Crippen LogP contribution in [-0.2, 0) is 9.59 Å². The molecule has 0 aliphatic heterocycles. The number of hydrogen-bond donors (Lipinski definition) is 3. The van der Waals surface area contributed by atoms with E-state index in [0.29, 0.717) is 0 Å². The van der Waals surface area contributed by atoms with Crippen molar-refractivity contribution in [2.45, 2.75) is 0 Å². The maximum Gasteiger partial charge on any atom is 0.257 e. The van der Waals surface area contributed by atoms with Crippen LogP contribution >= 0.6 is 0 Å². The number of carbonyl (C=O) groups is 2. The molecule has 0 spiro atoms. The van der Waals surface area contributed by atoms with E-state index < -0.39 is 53.1 Å². The molecule has 2 rings (SSSR count). The minimum atomic E-state index is -2.32. The molecule has 0 fully saturated rings. The standard InChI is InChI=1S/C17H12F5N3O2/c18-12-13(19)15(21)17(16(22)14(12)20)25-24-11(27)8-23-10(26)7-6-9-4-2-1-3-5-9/h1-7,25H,8H2,(H,23,26)(H,24,27)/b7-6+. The summed E-state index contributed by atoms with van der Waals surface area (Å²) in [4.78, 5) is 23.1. The van der Waals surface area contributed by atoms with E-state index in [0.717, 1.165) is 11.6 Å². The minimum absolute atomic E-state index is 0.611. The molecule has 2 amide bonds. The van der Waals surface area contributed by atoms with Gasteiger partial charge in [0.2, 0.25) is 11.7 Å². The van der Waals surface area contributed by atoms with Gasteiger partial charge in [-0.25, -0.2) is 22.0 Å². The molecule has 0 aromatic heterocycles. The molecule has 3 N–H and O–H groups in total. The third kappa shape index (κ3) is 5.03. The second kappa shape index (κ2) is 8.79. The topological polar surface area (TPSA) is 70.2 Å². The van der Waals surface area contributed by atoms with Gasteiger partial charge in [-0.3, -0.25) is 20.4 Å². The Morgan fingerprint density at radius 2 is 1.41 bits per heavy atom. The van der Waals surface area contributed by atoms with E-state index in [2.05, 4.69) is 5.32 Å². The van der Waals surface area contributed by atoms with Crippen LogP contribution < -0.4 is 16.2 Å². The number of halogens is 5. The number of benzene rings is 2. The van der Waals surface area contributed by atoms with Crippen molar-refractivity contribution in [3.63, 3.8) is 0 Å². The lowest BCUT2D eigenvalue weighted by atomic mass is 10.2. The second-order valence-electron chi connectivity index (χ2n) is 5.08.